The number of halogens is 1. The second-order valence-corrected chi connectivity index (χ2v) is 5.90. The van der Waals surface area contributed by atoms with Gasteiger partial charge in [0.05, 0.1) is 12.2 Å². The third-order valence-electron chi connectivity index (χ3n) is 3.36. The van der Waals surface area contributed by atoms with Gasteiger partial charge in [-0.15, -0.1) is 0 Å². The van der Waals surface area contributed by atoms with Gasteiger partial charge in [-0.1, -0.05) is 0 Å². The molecule has 0 radical (unpaired) electrons. The molecule has 6 heteroatoms. The van der Waals surface area contributed by atoms with E-state index in [4.69, 9.17) is 10.5 Å². The Labute approximate surface area is 122 Å². The molecule has 1 aliphatic rings. The van der Waals surface area contributed by atoms with Crippen LogP contribution in [-0.2, 0) is 4.74 Å². The van der Waals surface area contributed by atoms with Crippen LogP contribution in [0.1, 0.15) is 16.8 Å². The van der Waals surface area contributed by atoms with Crippen molar-refractivity contribution in [3.05, 3.63) is 29.6 Å². The number of ether oxygens (including phenoxy) is 1. The largest absolute Gasteiger partial charge is 0.399 e. The van der Waals surface area contributed by atoms with Gasteiger partial charge in [-0.25, -0.2) is 4.39 Å². The van der Waals surface area contributed by atoms with Crippen LogP contribution in [0.3, 0.4) is 0 Å². The van der Waals surface area contributed by atoms with E-state index in [1.54, 1.807) is 12.0 Å². The number of thioether (sulfide) groups is 1. The number of nitrogens with two attached hydrogens (primary N) is 1. The Morgan fingerprint density at radius 3 is 3.05 bits per heavy atom. The summed E-state index contributed by atoms with van der Waals surface area (Å²) in [4.78, 5) is 14.3. The van der Waals surface area contributed by atoms with Crippen molar-refractivity contribution in [2.45, 2.75) is 12.5 Å². The van der Waals surface area contributed by atoms with Crippen molar-refractivity contribution in [3.8, 4) is 0 Å². The van der Waals surface area contributed by atoms with Crippen LogP contribution in [0.5, 0.6) is 0 Å². The van der Waals surface area contributed by atoms with Gasteiger partial charge in [0.2, 0.25) is 0 Å². The maximum atomic E-state index is 13.8. The molecule has 0 bridgehead atoms. The van der Waals surface area contributed by atoms with Gasteiger partial charge in [-0.2, -0.15) is 11.8 Å². The molecule has 2 rings (SSSR count). The molecule has 4 nitrogen and oxygen atoms in total. The highest BCUT2D eigenvalue weighted by Gasteiger charge is 2.29. The summed E-state index contributed by atoms with van der Waals surface area (Å²) in [6, 6.07) is 4.24. The maximum Gasteiger partial charge on any atom is 0.257 e. The van der Waals surface area contributed by atoms with Gasteiger partial charge in [-0.3, -0.25) is 4.79 Å². The maximum absolute atomic E-state index is 13.8. The van der Waals surface area contributed by atoms with Crippen LogP contribution in [0.2, 0.25) is 0 Å². The SMILES string of the molecule is COCCN(C(=O)c1cc(N)ccc1F)C1CCSC1. The standard InChI is InChI=1S/C14H19FN2O2S/c1-19-6-5-17(11-4-7-20-9-11)14(18)12-8-10(16)2-3-13(12)15/h2-3,8,11H,4-7,9,16H2,1H3. The predicted octanol–water partition coefficient (Wildman–Crippen LogP) is 2.00. The Bertz CT molecular complexity index is 478. The number of hydrogen-bond acceptors (Lipinski definition) is 4. The molecule has 1 fully saturated rings. The molecule has 0 spiro atoms. The number of carbonyl (C=O) groups excluding carboxylic acids is 1. The number of hydrogen-bond donors (Lipinski definition) is 1. The van der Waals surface area contributed by atoms with Crippen molar-refractivity contribution >= 4 is 23.4 Å². The zero-order valence-corrected chi connectivity index (χ0v) is 12.3. The van der Waals surface area contributed by atoms with E-state index in [9.17, 15) is 9.18 Å². The van der Waals surface area contributed by atoms with Gasteiger partial charge in [0.1, 0.15) is 5.82 Å². The first-order chi connectivity index (χ1) is 9.63. The van der Waals surface area contributed by atoms with Crippen LogP contribution < -0.4 is 5.73 Å². The van der Waals surface area contributed by atoms with Crippen molar-refractivity contribution in [1.82, 2.24) is 4.90 Å². The van der Waals surface area contributed by atoms with Gasteiger partial charge >= 0.3 is 0 Å². The minimum absolute atomic E-state index is 0.0398. The van der Waals surface area contributed by atoms with E-state index >= 15 is 0 Å². The van der Waals surface area contributed by atoms with Crippen molar-refractivity contribution < 1.29 is 13.9 Å². The number of methoxy groups -OCH3 is 1. The molecular formula is C14H19FN2O2S. The van der Waals surface area contributed by atoms with E-state index in [1.807, 2.05) is 11.8 Å². The average molecular weight is 298 g/mol. The summed E-state index contributed by atoms with van der Waals surface area (Å²) in [7, 11) is 1.59. The van der Waals surface area contributed by atoms with Crippen LogP contribution >= 0.6 is 11.8 Å². The van der Waals surface area contributed by atoms with Gasteiger partial charge in [0.15, 0.2) is 0 Å². The molecule has 2 N–H and O–H groups in total. The number of nitrogens with zero attached hydrogens (tertiary/aromatic N) is 1. The van der Waals surface area contributed by atoms with Crippen molar-refractivity contribution in [3.63, 3.8) is 0 Å². The first kappa shape index (κ1) is 15.1. The Hall–Kier alpha value is -1.27. The van der Waals surface area contributed by atoms with Crippen molar-refractivity contribution in [2.75, 3.05) is 37.5 Å². The minimum atomic E-state index is -0.530. The van der Waals surface area contributed by atoms with Crippen LogP contribution in [-0.4, -0.2) is 48.6 Å². The van der Waals surface area contributed by atoms with E-state index in [2.05, 4.69) is 0 Å². The zero-order valence-electron chi connectivity index (χ0n) is 11.5. The minimum Gasteiger partial charge on any atom is -0.399 e. The van der Waals surface area contributed by atoms with E-state index in [0.29, 0.717) is 18.8 Å². The third-order valence-corrected chi connectivity index (χ3v) is 4.51. The summed E-state index contributed by atoms with van der Waals surface area (Å²) >= 11 is 1.81. The number of rotatable bonds is 5. The first-order valence-electron chi connectivity index (χ1n) is 6.56. The number of carbonyl (C=O) groups is 1. The lowest BCUT2D eigenvalue weighted by molar-refractivity contribution is 0.0620. The Balaban J connectivity index is 2.22. The molecule has 1 saturated heterocycles. The highest BCUT2D eigenvalue weighted by atomic mass is 32.2. The van der Waals surface area contributed by atoms with Crippen LogP contribution in [0.15, 0.2) is 18.2 Å². The molecule has 1 atom stereocenters. The average Bonchev–Trinajstić information content (AvgIpc) is 2.95. The summed E-state index contributed by atoms with van der Waals surface area (Å²) in [6.07, 6.45) is 0.935. The molecule has 1 amide bonds. The lowest BCUT2D eigenvalue weighted by Crippen LogP contribution is -2.42. The fourth-order valence-electron chi connectivity index (χ4n) is 2.27. The van der Waals surface area contributed by atoms with E-state index in [-0.39, 0.29) is 17.5 Å². The Morgan fingerprint density at radius 1 is 1.60 bits per heavy atom. The molecule has 1 unspecified atom stereocenters. The molecule has 110 valence electrons. The van der Waals surface area contributed by atoms with Crippen LogP contribution in [0, 0.1) is 5.82 Å². The number of anilines is 1. The summed E-state index contributed by atoms with van der Waals surface area (Å²) in [5, 5.41) is 0. The quantitative estimate of drug-likeness (QED) is 0.845. The van der Waals surface area contributed by atoms with E-state index in [1.165, 1.54) is 18.2 Å². The molecule has 1 aromatic rings. The number of amides is 1. The lowest BCUT2D eigenvalue weighted by Gasteiger charge is -2.28. The van der Waals surface area contributed by atoms with Gasteiger partial charge < -0.3 is 15.4 Å². The van der Waals surface area contributed by atoms with E-state index in [0.717, 1.165) is 17.9 Å². The highest BCUT2D eigenvalue weighted by molar-refractivity contribution is 7.99. The summed E-state index contributed by atoms with van der Waals surface area (Å²) in [6.45, 7) is 0.908. The van der Waals surface area contributed by atoms with Crippen LogP contribution in [0.4, 0.5) is 10.1 Å². The van der Waals surface area contributed by atoms with Crippen LogP contribution in [0.25, 0.3) is 0 Å². The Morgan fingerprint density at radius 2 is 2.40 bits per heavy atom. The summed E-state index contributed by atoms with van der Waals surface area (Å²) in [5.74, 6) is 1.08. The first-order valence-corrected chi connectivity index (χ1v) is 7.71. The predicted molar refractivity (Wildman–Crippen MR) is 79.5 cm³/mol. The number of nitrogen functional groups attached to an aromatic ring is 1. The van der Waals surface area contributed by atoms with Gasteiger partial charge in [0.25, 0.3) is 5.91 Å². The molecule has 0 aromatic heterocycles. The zero-order chi connectivity index (χ0) is 14.5. The highest BCUT2D eigenvalue weighted by Crippen LogP contribution is 2.24. The molecule has 1 aliphatic heterocycles. The van der Waals surface area contributed by atoms with E-state index < -0.39 is 5.82 Å². The molecule has 0 aliphatic carbocycles. The lowest BCUT2D eigenvalue weighted by atomic mass is 10.1. The topological polar surface area (TPSA) is 55.6 Å². The second kappa shape index (κ2) is 6.95. The fraction of sp³-hybridized carbons (Fsp3) is 0.500. The smallest absolute Gasteiger partial charge is 0.257 e. The molecule has 20 heavy (non-hydrogen) atoms. The van der Waals surface area contributed by atoms with Crippen molar-refractivity contribution in [2.24, 2.45) is 0 Å². The Kier molecular flexibility index (Phi) is 5.25. The monoisotopic (exact) mass is 298 g/mol. The fourth-order valence-corrected chi connectivity index (χ4v) is 3.49. The number of benzene rings is 1. The van der Waals surface area contributed by atoms with Gasteiger partial charge in [0, 0.05) is 31.1 Å². The summed E-state index contributed by atoms with van der Waals surface area (Å²) < 4.78 is 18.9. The normalized spacial score (nSPS) is 18.2. The molecule has 1 aromatic carbocycles. The second-order valence-electron chi connectivity index (χ2n) is 4.75. The summed E-state index contributed by atoms with van der Waals surface area (Å²) in [5.41, 5.74) is 6.08. The third kappa shape index (κ3) is 3.43. The molecular weight excluding hydrogens is 279 g/mol. The van der Waals surface area contributed by atoms with Gasteiger partial charge in [-0.05, 0) is 30.4 Å². The van der Waals surface area contributed by atoms with Crippen molar-refractivity contribution in [1.29, 1.82) is 0 Å². The molecule has 1 heterocycles. The molecule has 0 saturated carbocycles.